The van der Waals surface area contributed by atoms with Gasteiger partial charge < -0.3 is 4.57 Å². The van der Waals surface area contributed by atoms with Gasteiger partial charge in [-0.1, -0.05) is 6.07 Å². The monoisotopic (exact) mass is 344 g/mol. The summed E-state index contributed by atoms with van der Waals surface area (Å²) in [5.41, 5.74) is 3.92. The first-order valence-electron chi connectivity index (χ1n) is 8.23. The number of anilines is 1. The molecular formula is C19H16N6O. The third-order valence-electron chi connectivity index (χ3n) is 4.26. The van der Waals surface area contributed by atoms with E-state index in [4.69, 9.17) is 5.26 Å². The van der Waals surface area contributed by atoms with Crippen LogP contribution in [-0.2, 0) is 11.8 Å². The SMILES string of the molecule is Cn1ccc2cc(-c3ccc4nc(NC(=O)CCC#N)nn4c3)ccc21. The van der Waals surface area contributed by atoms with Crippen molar-refractivity contribution >= 4 is 28.4 Å². The van der Waals surface area contributed by atoms with Crippen LogP contribution < -0.4 is 5.32 Å². The third-order valence-corrected chi connectivity index (χ3v) is 4.26. The number of nitrogens with zero attached hydrogens (tertiary/aromatic N) is 5. The lowest BCUT2D eigenvalue weighted by Gasteiger charge is -2.03. The van der Waals surface area contributed by atoms with Crippen LogP contribution in [0.2, 0.25) is 0 Å². The van der Waals surface area contributed by atoms with Crippen molar-refractivity contribution in [2.24, 2.45) is 7.05 Å². The Hall–Kier alpha value is -3.66. The first-order chi connectivity index (χ1) is 12.6. The quantitative estimate of drug-likeness (QED) is 0.616. The molecule has 4 rings (SSSR count). The highest BCUT2D eigenvalue weighted by molar-refractivity contribution is 5.89. The zero-order chi connectivity index (χ0) is 18.1. The summed E-state index contributed by atoms with van der Waals surface area (Å²) in [7, 11) is 2.02. The summed E-state index contributed by atoms with van der Waals surface area (Å²) < 4.78 is 3.73. The molecule has 4 aromatic rings. The van der Waals surface area contributed by atoms with E-state index in [1.54, 1.807) is 4.52 Å². The van der Waals surface area contributed by atoms with Gasteiger partial charge in [0.05, 0.1) is 6.07 Å². The first-order valence-corrected chi connectivity index (χ1v) is 8.23. The number of benzene rings is 1. The van der Waals surface area contributed by atoms with E-state index in [-0.39, 0.29) is 24.7 Å². The smallest absolute Gasteiger partial charge is 0.249 e. The molecule has 26 heavy (non-hydrogen) atoms. The summed E-state index contributed by atoms with van der Waals surface area (Å²) in [5, 5.41) is 16.6. The Kier molecular flexibility index (Phi) is 3.86. The molecule has 128 valence electrons. The van der Waals surface area contributed by atoms with Gasteiger partial charge >= 0.3 is 0 Å². The minimum Gasteiger partial charge on any atom is -0.351 e. The van der Waals surface area contributed by atoms with Crippen molar-refractivity contribution in [3.05, 3.63) is 48.8 Å². The molecule has 3 heterocycles. The van der Waals surface area contributed by atoms with Crippen LogP contribution in [0.15, 0.2) is 48.8 Å². The van der Waals surface area contributed by atoms with Crippen molar-refractivity contribution in [2.75, 3.05) is 5.32 Å². The molecule has 7 heteroatoms. The standard InChI is InChI=1S/C19H16N6O/c1-24-10-8-14-11-13(4-6-16(14)24)15-5-7-17-21-19(23-25(17)12-15)22-18(26)3-2-9-20/h4-8,10-12H,2-3H2,1H3,(H,22,23,26). The molecule has 1 N–H and O–H groups in total. The third kappa shape index (κ3) is 2.89. The fraction of sp³-hybridized carbons (Fsp3) is 0.158. The lowest BCUT2D eigenvalue weighted by Crippen LogP contribution is -2.12. The van der Waals surface area contributed by atoms with Crippen LogP contribution >= 0.6 is 0 Å². The van der Waals surface area contributed by atoms with Crippen LogP contribution in [0.5, 0.6) is 0 Å². The van der Waals surface area contributed by atoms with Gasteiger partial charge in [-0.25, -0.2) is 4.52 Å². The van der Waals surface area contributed by atoms with Gasteiger partial charge in [0.1, 0.15) is 0 Å². The summed E-state index contributed by atoms with van der Waals surface area (Å²) >= 11 is 0. The number of carbonyl (C=O) groups excluding carboxylic acids is 1. The Balaban J connectivity index is 1.64. The van der Waals surface area contributed by atoms with Crippen LogP contribution in [0.4, 0.5) is 5.95 Å². The largest absolute Gasteiger partial charge is 0.351 e. The van der Waals surface area contributed by atoms with Gasteiger partial charge in [0.2, 0.25) is 11.9 Å². The minimum atomic E-state index is -0.266. The molecule has 7 nitrogen and oxygen atoms in total. The number of hydrogen-bond acceptors (Lipinski definition) is 4. The van der Waals surface area contributed by atoms with Crippen molar-refractivity contribution in [3.63, 3.8) is 0 Å². The normalized spacial score (nSPS) is 10.9. The summed E-state index contributed by atoms with van der Waals surface area (Å²) in [6, 6.07) is 14.2. The zero-order valence-electron chi connectivity index (χ0n) is 14.2. The van der Waals surface area contributed by atoms with Crippen molar-refractivity contribution in [1.29, 1.82) is 5.26 Å². The number of nitriles is 1. The van der Waals surface area contributed by atoms with Gasteiger partial charge in [-0.15, -0.1) is 5.10 Å². The second-order valence-corrected chi connectivity index (χ2v) is 6.06. The molecule has 1 aromatic carbocycles. The number of rotatable bonds is 4. The van der Waals surface area contributed by atoms with Crippen molar-refractivity contribution < 1.29 is 4.79 Å². The molecule has 0 bridgehead atoms. The van der Waals surface area contributed by atoms with Crippen LogP contribution in [0.1, 0.15) is 12.8 Å². The van der Waals surface area contributed by atoms with E-state index >= 15 is 0 Å². The van der Waals surface area contributed by atoms with Crippen LogP contribution in [-0.4, -0.2) is 25.1 Å². The Morgan fingerprint density at radius 3 is 2.92 bits per heavy atom. The minimum absolute atomic E-state index is 0.133. The summed E-state index contributed by atoms with van der Waals surface area (Å²) in [6.07, 6.45) is 4.23. The summed E-state index contributed by atoms with van der Waals surface area (Å²) in [4.78, 5) is 16.0. The fourth-order valence-corrected chi connectivity index (χ4v) is 2.92. The Bertz CT molecular complexity index is 1160. The lowest BCUT2D eigenvalue weighted by atomic mass is 10.1. The molecule has 0 unspecified atom stereocenters. The lowest BCUT2D eigenvalue weighted by molar-refractivity contribution is -0.116. The van der Waals surface area contributed by atoms with Gasteiger partial charge in [-0.3, -0.25) is 10.1 Å². The Morgan fingerprint density at radius 1 is 1.23 bits per heavy atom. The number of aryl methyl sites for hydroxylation is 1. The van der Waals surface area contributed by atoms with E-state index < -0.39 is 0 Å². The molecule has 0 aliphatic heterocycles. The van der Waals surface area contributed by atoms with Crippen molar-refractivity contribution in [2.45, 2.75) is 12.8 Å². The van der Waals surface area contributed by atoms with E-state index in [1.807, 2.05) is 37.6 Å². The Labute approximate surface area is 149 Å². The number of amides is 1. The molecule has 0 saturated carbocycles. The molecule has 1 amide bonds. The second kappa shape index (κ2) is 6.33. The molecule has 3 aromatic heterocycles. The predicted molar refractivity (Wildman–Crippen MR) is 98.4 cm³/mol. The van der Waals surface area contributed by atoms with E-state index in [0.717, 1.165) is 11.1 Å². The van der Waals surface area contributed by atoms with Gasteiger partial charge in [0.25, 0.3) is 0 Å². The van der Waals surface area contributed by atoms with Crippen LogP contribution in [0.25, 0.3) is 27.7 Å². The molecule has 0 spiro atoms. The molecular weight excluding hydrogens is 328 g/mol. The van der Waals surface area contributed by atoms with Gasteiger partial charge in [-0.2, -0.15) is 10.2 Å². The molecule has 0 aliphatic carbocycles. The number of carbonyl (C=O) groups is 1. The van der Waals surface area contributed by atoms with E-state index in [1.165, 1.54) is 10.9 Å². The van der Waals surface area contributed by atoms with E-state index in [2.05, 4.69) is 44.2 Å². The molecule has 0 aliphatic rings. The van der Waals surface area contributed by atoms with E-state index in [9.17, 15) is 4.79 Å². The molecule has 0 atom stereocenters. The van der Waals surface area contributed by atoms with Crippen LogP contribution in [0.3, 0.4) is 0 Å². The summed E-state index contributed by atoms with van der Waals surface area (Å²) in [5.74, 6) is -0.0270. The highest BCUT2D eigenvalue weighted by atomic mass is 16.1. The highest BCUT2D eigenvalue weighted by Gasteiger charge is 2.09. The highest BCUT2D eigenvalue weighted by Crippen LogP contribution is 2.25. The molecule has 0 radical (unpaired) electrons. The van der Waals surface area contributed by atoms with Gasteiger partial charge in [0.15, 0.2) is 5.65 Å². The zero-order valence-corrected chi connectivity index (χ0v) is 14.2. The number of hydrogen-bond donors (Lipinski definition) is 1. The average Bonchev–Trinajstić information content (AvgIpc) is 3.21. The predicted octanol–water partition coefficient (Wildman–Crippen LogP) is 3.13. The number of fused-ring (bicyclic) bond motifs is 2. The molecule has 0 saturated heterocycles. The first kappa shape index (κ1) is 15.8. The van der Waals surface area contributed by atoms with Crippen molar-refractivity contribution in [1.82, 2.24) is 19.2 Å². The maximum atomic E-state index is 11.7. The van der Waals surface area contributed by atoms with Gasteiger partial charge in [-0.05, 0) is 35.9 Å². The van der Waals surface area contributed by atoms with Gasteiger partial charge in [0, 0.05) is 48.7 Å². The maximum Gasteiger partial charge on any atom is 0.249 e. The number of nitrogens with one attached hydrogen (secondary N) is 1. The molecule has 0 fully saturated rings. The maximum absolute atomic E-state index is 11.7. The van der Waals surface area contributed by atoms with Crippen molar-refractivity contribution in [3.8, 4) is 17.2 Å². The average molecular weight is 344 g/mol. The topological polar surface area (TPSA) is 88.0 Å². The Morgan fingerprint density at radius 2 is 2.08 bits per heavy atom. The summed E-state index contributed by atoms with van der Waals surface area (Å²) in [6.45, 7) is 0. The van der Waals surface area contributed by atoms with Crippen LogP contribution in [0, 0.1) is 11.3 Å². The fourth-order valence-electron chi connectivity index (χ4n) is 2.92. The van der Waals surface area contributed by atoms with E-state index in [0.29, 0.717) is 5.65 Å². The second-order valence-electron chi connectivity index (χ2n) is 6.06. The number of aromatic nitrogens is 4. The number of pyridine rings is 1.